The Balaban J connectivity index is 1.42. The molecule has 3 aromatic carbocycles. The largest absolute Gasteiger partial charge is 0.376 e. The van der Waals surface area contributed by atoms with E-state index in [1.165, 1.54) is 27.8 Å². The van der Waals surface area contributed by atoms with Crippen molar-refractivity contribution in [2.75, 3.05) is 25.1 Å². The van der Waals surface area contributed by atoms with E-state index in [1.54, 1.807) is 24.1 Å². The minimum atomic E-state index is -3.73. The summed E-state index contributed by atoms with van der Waals surface area (Å²) in [6.45, 7) is 3.23. The molecule has 1 amide bonds. The molecular weight excluding hydrogens is 542 g/mol. The Morgan fingerprint density at radius 1 is 1.13 bits per heavy atom. The molecule has 4 aromatic rings. The van der Waals surface area contributed by atoms with Gasteiger partial charge in [-0.1, -0.05) is 53.3 Å². The molecule has 0 bridgehead atoms. The number of hydrogen-bond donors (Lipinski definition) is 0. The molecule has 2 heterocycles. The average Bonchev–Trinajstić information content (AvgIpc) is 3.57. The predicted octanol–water partition coefficient (Wildman–Crippen LogP) is 5.90. The molecule has 1 aliphatic rings. The van der Waals surface area contributed by atoms with Gasteiger partial charge in [0.05, 0.1) is 27.8 Å². The fourth-order valence-electron chi connectivity index (χ4n) is 4.53. The maximum Gasteiger partial charge on any atom is 0.260 e. The molecule has 198 valence electrons. The summed E-state index contributed by atoms with van der Waals surface area (Å²) < 4.78 is 34.3. The van der Waals surface area contributed by atoms with Gasteiger partial charge < -0.3 is 4.74 Å². The lowest BCUT2D eigenvalue weighted by atomic mass is 10.2. The first-order valence-corrected chi connectivity index (χ1v) is 15.0. The summed E-state index contributed by atoms with van der Waals surface area (Å²) in [6.07, 6.45) is 1.73. The number of amides is 1. The van der Waals surface area contributed by atoms with E-state index in [-0.39, 0.29) is 23.5 Å². The number of benzene rings is 3. The average molecular weight is 570 g/mol. The van der Waals surface area contributed by atoms with E-state index in [0.717, 1.165) is 34.2 Å². The molecule has 1 saturated heterocycles. The van der Waals surface area contributed by atoms with E-state index >= 15 is 0 Å². The van der Waals surface area contributed by atoms with Gasteiger partial charge in [0.25, 0.3) is 5.91 Å². The van der Waals surface area contributed by atoms with E-state index in [1.807, 2.05) is 49.4 Å². The van der Waals surface area contributed by atoms with Gasteiger partial charge in [0.1, 0.15) is 0 Å². The van der Waals surface area contributed by atoms with E-state index in [4.69, 9.17) is 21.3 Å². The van der Waals surface area contributed by atoms with E-state index in [9.17, 15) is 13.2 Å². The number of fused-ring (bicyclic) bond motifs is 1. The smallest absolute Gasteiger partial charge is 0.260 e. The van der Waals surface area contributed by atoms with Gasteiger partial charge in [0.2, 0.25) is 10.0 Å². The summed E-state index contributed by atoms with van der Waals surface area (Å²) >= 11 is 7.66. The molecule has 10 heteroatoms. The van der Waals surface area contributed by atoms with Gasteiger partial charge in [-0.2, -0.15) is 4.31 Å². The number of rotatable bonds is 8. The van der Waals surface area contributed by atoms with Gasteiger partial charge >= 0.3 is 0 Å². The summed E-state index contributed by atoms with van der Waals surface area (Å²) in [5, 5.41) is 1.18. The number of carbonyl (C=O) groups excluding carboxylic acids is 1. The summed E-state index contributed by atoms with van der Waals surface area (Å²) in [4.78, 5) is 20.3. The molecule has 1 aliphatic heterocycles. The van der Waals surface area contributed by atoms with Gasteiger partial charge in [-0.25, -0.2) is 13.4 Å². The molecule has 0 spiro atoms. The monoisotopic (exact) mass is 569 g/mol. The number of nitrogens with zero attached hydrogens (tertiary/aromatic N) is 3. The second kappa shape index (κ2) is 11.1. The van der Waals surface area contributed by atoms with Gasteiger partial charge in [-0.15, -0.1) is 0 Å². The van der Waals surface area contributed by atoms with Crippen molar-refractivity contribution in [3.05, 3.63) is 88.4 Å². The standard InChI is InChI=1S/C28H28ClN3O4S2/c1-19-15-22(29)16-25-26(19)30-28(37-25)32(18-23-9-6-14-36-23)27(33)21-10-12-24(13-11-21)38(34,35)31(2)17-20-7-4-3-5-8-20/h3-5,7-8,10-13,15-16,23H,6,9,14,17-18H2,1-2H3. The molecule has 7 nitrogen and oxygen atoms in total. The number of sulfonamides is 1. The van der Waals surface area contributed by atoms with Crippen LogP contribution in [0.25, 0.3) is 10.2 Å². The number of hydrogen-bond acceptors (Lipinski definition) is 6. The summed E-state index contributed by atoms with van der Waals surface area (Å²) in [6, 6.07) is 19.2. The second-order valence-electron chi connectivity index (χ2n) is 9.39. The Labute approximate surface area is 231 Å². The molecule has 1 aromatic heterocycles. The number of anilines is 1. The van der Waals surface area contributed by atoms with Crippen LogP contribution in [0.3, 0.4) is 0 Å². The van der Waals surface area contributed by atoms with Crippen LogP contribution < -0.4 is 4.90 Å². The van der Waals surface area contributed by atoms with E-state index < -0.39 is 10.0 Å². The molecule has 1 atom stereocenters. The van der Waals surface area contributed by atoms with Crippen LogP contribution in [-0.4, -0.2) is 49.9 Å². The third-order valence-electron chi connectivity index (χ3n) is 6.58. The van der Waals surface area contributed by atoms with Crippen molar-refractivity contribution < 1.29 is 17.9 Å². The Hall–Kier alpha value is -2.82. The first-order valence-electron chi connectivity index (χ1n) is 12.3. The normalized spacial score (nSPS) is 15.8. The predicted molar refractivity (Wildman–Crippen MR) is 152 cm³/mol. The second-order valence-corrected chi connectivity index (χ2v) is 12.9. The van der Waals surface area contributed by atoms with Gasteiger partial charge in [0.15, 0.2) is 5.13 Å². The number of aromatic nitrogens is 1. The Bertz CT molecular complexity index is 1550. The fourth-order valence-corrected chi connectivity index (χ4v) is 7.12. The zero-order chi connectivity index (χ0) is 26.9. The number of aryl methyl sites for hydroxylation is 1. The summed E-state index contributed by atoms with van der Waals surface area (Å²) in [5.74, 6) is -0.259. The number of thiazole rings is 1. The Morgan fingerprint density at radius 3 is 2.55 bits per heavy atom. The van der Waals surface area contributed by atoms with Crippen LogP contribution in [0.2, 0.25) is 5.02 Å². The molecule has 5 rings (SSSR count). The quantitative estimate of drug-likeness (QED) is 0.264. The van der Waals surface area contributed by atoms with Crippen molar-refractivity contribution in [1.29, 1.82) is 0 Å². The van der Waals surface area contributed by atoms with Crippen molar-refractivity contribution in [1.82, 2.24) is 9.29 Å². The maximum absolute atomic E-state index is 13.7. The number of carbonyl (C=O) groups is 1. The molecular formula is C28H28ClN3O4S2. The third-order valence-corrected chi connectivity index (χ3v) is 9.64. The lowest BCUT2D eigenvalue weighted by Crippen LogP contribution is -2.37. The molecule has 0 saturated carbocycles. The van der Waals surface area contributed by atoms with E-state index in [2.05, 4.69) is 0 Å². The molecule has 0 aliphatic carbocycles. The first kappa shape index (κ1) is 26.8. The summed E-state index contributed by atoms with van der Waals surface area (Å²) in [5.41, 5.74) is 3.01. The Morgan fingerprint density at radius 2 is 1.87 bits per heavy atom. The lowest BCUT2D eigenvalue weighted by Gasteiger charge is -2.23. The SMILES string of the molecule is Cc1cc(Cl)cc2sc(N(CC3CCCO3)C(=O)c3ccc(S(=O)(=O)N(C)Cc4ccccc4)cc3)nc12. The molecule has 0 radical (unpaired) electrons. The molecule has 1 unspecified atom stereocenters. The van der Waals surface area contributed by atoms with Gasteiger partial charge in [-0.3, -0.25) is 9.69 Å². The minimum Gasteiger partial charge on any atom is -0.376 e. The topological polar surface area (TPSA) is 79.8 Å². The maximum atomic E-state index is 13.7. The highest BCUT2D eigenvalue weighted by atomic mass is 35.5. The zero-order valence-electron chi connectivity index (χ0n) is 21.1. The lowest BCUT2D eigenvalue weighted by molar-refractivity contribution is 0.0917. The zero-order valence-corrected chi connectivity index (χ0v) is 23.5. The molecule has 0 N–H and O–H groups in total. The molecule has 38 heavy (non-hydrogen) atoms. The van der Waals surface area contributed by atoms with Crippen molar-refractivity contribution in [2.24, 2.45) is 0 Å². The highest BCUT2D eigenvalue weighted by Crippen LogP contribution is 2.34. The summed E-state index contributed by atoms with van der Waals surface area (Å²) in [7, 11) is -2.18. The highest BCUT2D eigenvalue weighted by Gasteiger charge is 2.28. The van der Waals surface area contributed by atoms with Crippen LogP contribution in [0.1, 0.15) is 34.3 Å². The Kier molecular flexibility index (Phi) is 7.83. The van der Waals surface area contributed by atoms with Crippen LogP contribution in [0.5, 0.6) is 0 Å². The van der Waals surface area contributed by atoms with Gasteiger partial charge in [0, 0.05) is 30.8 Å². The number of ether oxygens (including phenoxy) is 1. The number of halogens is 1. The highest BCUT2D eigenvalue weighted by molar-refractivity contribution is 7.89. The van der Waals surface area contributed by atoms with Crippen LogP contribution in [0.15, 0.2) is 71.6 Å². The van der Waals surface area contributed by atoms with Crippen LogP contribution in [-0.2, 0) is 21.3 Å². The van der Waals surface area contributed by atoms with Crippen molar-refractivity contribution in [3.8, 4) is 0 Å². The fraction of sp³-hybridized carbons (Fsp3) is 0.286. The van der Waals surface area contributed by atoms with E-state index in [0.29, 0.717) is 28.9 Å². The molecule has 1 fully saturated rings. The first-order chi connectivity index (χ1) is 18.2. The minimum absolute atomic E-state index is 0.0815. The van der Waals surface area contributed by atoms with Crippen LogP contribution >= 0.6 is 22.9 Å². The van der Waals surface area contributed by atoms with Crippen LogP contribution in [0, 0.1) is 6.92 Å². The third kappa shape index (κ3) is 5.62. The van der Waals surface area contributed by atoms with Crippen molar-refractivity contribution in [2.45, 2.75) is 37.3 Å². The van der Waals surface area contributed by atoms with Gasteiger partial charge in [-0.05, 0) is 67.3 Å². The van der Waals surface area contributed by atoms with Crippen molar-refractivity contribution in [3.63, 3.8) is 0 Å². The van der Waals surface area contributed by atoms with Crippen molar-refractivity contribution >= 4 is 54.2 Å². The van der Waals surface area contributed by atoms with Crippen LogP contribution in [0.4, 0.5) is 5.13 Å².